The largest absolute Gasteiger partial charge is 0.489 e. The van der Waals surface area contributed by atoms with Gasteiger partial charge in [-0.25, -0.2) is 0 Å². The van der Waals surface area contributed by atoms with Gasteiger partial charge in [-0.2, -0.15) is 0 Å². The minimum absolute atomic E-state index is 0.116. The summed E-state index contributed by atoms with van der Waals surface area (Å²) < 4.78 is 5.80. The predicted molar refractivity (Wildman–Crippen MR) is 73.7 cm³/mol. The SMILES string of the molecule is CNCC=CCOc1ccccc1C(C)(C)C. The molecule has 0 amide bonds. The van der Waals surface area contributed by atoms with E-state index in [2.05, 4.69) is 44.3 Å². The second-order valence-electron chi connectivity index (χ2n) is 5.09. The first-order valence-electron chi connectivity index (χ1n) is 6.07. The third-order valence-electron chi connectivity index (χ3n) is 2.52. The lowest BCUT2D eigenvalue weighted by Crippen LogP contribution is -2.13. The number of rotatable bonds is 5. The van der Waals surface area contributed by atoms with E-state index >= 15 is 0 Å². The van der Waals surface area contributed by atoms with Crippen molar-refractivity contribution in [1.29, 1.82) is 0 Å². The van der Waals surface area contributed by atoms with Crippen LogP contribution in [0, 0.1) is 0 Å². The van der Waals surface area contributed by atoms with Crippen molar-refractivity contribution in [2.24, 2.45) is 0 Å². The molecule has 0 bridgehead atoms. The van der Waals surface area contributed by atoms with Gasteiger partial charge in [0, 0.05) is 6.54 Å². The Balaban J connectivity index is 2.65. The average molecular weight is 233 g/mol. The molecular weight excluding hydrogens is 210 g/mol. The number of hydrogen-bond donors (Lipinski definition) is 1. The Kier molecular flexibility index (Phi) is 5.23. The molecule has 0 fully saturated rings. The monoisotopic (exact) mass is 233 g/mol. The summed E-state index contributed by atoms with van der Waals surface area (Å²) in [6, 6.07) is 8.24. The molecule has 0 unspecified atom stereocenters. The maximum atomic E-state index is 5.80. The van der Waals surface area contributed by atoms with Crippen molar-refractivity contribution in [1.82, 2.24) is 5.32 Å². The molecule has 1 aromatic carbocycles. The fraction of sp³-hybridized carbons (Fsp3) is 0.467. The summed E-state index contributed by atoms with van der Waals surface area (Å²) in [6.45, 7) is 8.10. The van der Waals surface area contributed by atoms with Crippen molar-refractivity contribution in [3.63, 3.8) is 0 Å². The van der Waals surface area contributed by atoms with Gasteiger partial charge in [-0.05, 0) is 24.1 Å². The highest BCUT2D eigenvalue weighted by Gasteiger charge is 2.17. The van der Waals surface area contributed by atoms with Gasteiger partial charge in [0.25, 0.3) is 0 Å². The molecule has 0 spiro atoms. The molecule has 0 atom stereocenters. The summed E-state index contributed by atoms with van der Waals surface area (Å²) in [5.74, 6) is 0.981. The van der Waals surface area contributed by atoms with Gasteiger partial charge in [0.05, 0.1) is 0 Å². The van der Waals surface area contributed by atoms with Crippen LogP contribution in [0.25, 0.3) is 0 Å². The third-order valence-corrected chi connectivity index (χ3v) is 2.52. The molecule has 94 valence electrons. The summed E-state index contributed by atoms with van der Waals surface area (Å²) in [4.78, 5) is 0. The molecule has 2 nitrogen and oxygen atoms in total. The minimum atomic E-state index is 0.116. The van der Waals surface area contributed by atoms with Crippen molar-refractivity contribution in [2.75, 3.05) is 20.2 Å². The Bertz CT molecular complexity index is 363. The van der Waals surface area contributed by atoms with E-state index in [1.807, 2.05) is 25.3 Å². The maximum Gasteiger partial charge on any atom is 0.123 e. The fourth-order valence-corrected chi connectivity index (χ4v) is 1.62. The summed E-state index contributed by atoms with van der Waals surface area (Å²) >= 11 is 0. The van der Waals surface area contributed by atoms with Gasteiger partial charge < -0.3 is 10.1 Å². The number of nitrogens with one attached hydrogen (secondary N) is 1. The first kappa shape index (κ1) is 13.8. The van der Waals surface area contributed by atoms with E-state index in [-0.39, 0.29) is 5.41 Å². The van der Waals surface area contributed by atoms with Crippen molar-refractivity contribution < 1.29 is 4.74 Å². The lowest BCUT2D eigenvalue weighted by Gasteiger charge is -2.22. The Morgan fingerprint density at radius 1 is 1.18 bits per heavy atom. The highest BCUT2D eigenvalue weighted by molar-refractivity contribution is 5.38. The molecular formula is C15H23NO. The van der Waals surface area contributed by atoms with Crippen LogP contribution in [-0.2, 0) is 5.41 Å². The summed E-state index contributed by atoms with van der Waals surface area (Å²) in [5, 5.41) is 3.06. The van der Waals surface area contributed by atoms with Crippen LogP contribution in [0.2, 0.25) is 0 Å². The molecule has 17 heavy (non-hydrogen) atoms. The van der Waals surface area contributed by atoms with E-state index in [9.17, 15) is 0 Å². The van der Waals surface area contributed by atoms with Crippen LogP contribution in [-0.4, -0.2) is 20.2 Å². The van der Waals surface area contributed by atoms with Crippen LogP contribution >= 0.6 is 0 Å². The summed E-state index contributed by atoms with van der Waals surface area (Å²) in [7, 11) is 1.93. The zero-order valence-electron chi connectivity index (χ0n) is 11.3. The van der Waals surface area contributed by atoms with Gasteiger partial charge >= 0.3 is 0 Å². The normalized spacial score (nSPS) is 12.0. The smallest absolute Gasteiger partial charge is 0.123 e. The molecule has 0 saturated heterocycles. The topological polar surface area (TPSA) is 21.3 Å². The van der Waals surface area contributed by atoms with Gasteiger partial charge in [0.15, 0.2) is 0 Å². The van der Waals surface area contributed by atoms with Crippen molar-refractivity contribution in [2.45, 2.75) is 26.2 Å². The average Bonchev–Trinajstić information content (AvgIpc) is 2.28. The first-order chi connectivity index (χ1) is 8.05. The van der Waals surface area contributed by atoms with Crippen LogP contribution in [0.3, 0.4) is 0 Å². The van der Waals surface area contributed by atoms with Crippen molar-refractivity contribution in [3.05, 3.63) is 42.0 Å². The number of benzene rings is 1. The van der Waals surface area contributed by atoms with Gasteiger partial charge in [0.1, 0.15) is 12.4 Å². The molecule has 2 heteroatoms. The highest BCUT2D eigenvalue weighted by Crippen LogP contribution is 2.30. The van der Waals surface area contributed by atoms with Gasteiger partial charge in [-0.3, -0.25) is 0 Å². The van der Waals surface area contributed by atoms with Crippen LogP contribution in [0.1, 0.15) is 26.3 Å². The molecule has 0 radical (unpaired) electrons. The van der Waals surface area contributed by atoms with Gasteiger partial charge in [-0.15, -0.1) is 0 Å². The molecule has 1 aromatic rings. The van der Waals surface area contributed by atoms with E-state index in [1.54, 1.807) is 0 Å². The molecule has 0 aliphatic heterocycles. The molecule has 1 N–H and O–H groups in total. The molecule has 0 heterocycles. The van der Waals surface area contributed by atoms with Gasteiger partial charge in [-0.1, -0.05) is 51.1 Å². The zero-order chi connectivity index (χ0) is 12.7. The van der Waals surface area contributed by atoms with E-state index in [0.717, 1.165) is 12.3 Å². The summed E-state index contributed by atoms with van der Waals surface area (Å²) in [5.41, 5.74) is 1.37. The molecule has 0 saturated carbocycles. The Labute approximate surface area is 105 Å². The van der Waals surface area contributed by atoms with Crippen molar-refractivity contribution >= 4 is 0 Å². The number of para-hydroxylation sites is 1. The molecule has 1 rings (SSSR count). The third kappa shape index (κ3) is 4.61. The predicted octanol–water partition coefficient (Wildman–Crippen LogP) is 3.14. The number of ether oxygens (including phenoxy) is 1. The highest BCUT2D eigenvalue weighted by atomic mass is 16.5. The first-order valence-corrected chi connectivity index (χ1v) is 6.07. The number of likely N-dealkylation sites (N-methyl/N-ethyl adjacent to an activating group) is 1. The maximum absolute atomic E-state index is 5.80. The van der Waals surface area contributed by atoms with Crippen LogP contribution < -0.4 is 10.1 Å². The van der Waals surface area contributed by atoms with Crippen LogP contribution in [0.5, 0.6) is 5.75 Å². The van der Waals surface area contributed by atoms with Crippen LogP contribution in [0.4, 0.5) is 0 Å². The Morgan fingerprint density at radius 2 is 1.88 bits per heavy atom. The summed E-state index contributed by atoms with van der Waals surface area (Å²) in [6.07, 6.45) is 4.11. The second-order valence-corrected chi connectivity index (χ2v) is 5.09. The molecule has 0 aliphatic carbocycles. The Morgan fingerprint density at radius 3 is 2.53 bits per heavy atom. The standard InChI is InChI=1S/C15H23NO/c1-15(2,3)13-9-5-6-10-14(13)17-12-8-7-11-16-4/h5-10,16H,11-12H2,1-4H3. The quantitative estimate of drug-likeness (QED) is 0.789. The minimum Gasteiger partial charge on any atom is -0.489 e. The van der Waals surface area contributed by atoms with E-state index in [4.69, 9.17) is 4.74 Å². The number of hydrogen-bond acceptors (Lipinski definition) is 2. The zero-order valence-corrected chi connectivity index (χ0v) is 11.3. The fourth-order valence-electron chi connectivity index (χ4n) is 1.62. The second kappa shape index (κ2) is 6.45. The van der Waals surface area contributed by atoms with Gasteiger partial charge in [0.2, 0.25) is 0 Å². The van der Waals surface area contributed by atoms with Crippen molar-refractivity contribution in [3.8, 4) is 5.75 Å². The van der Waals surface area contributed by atoms with E-state index in [0.29, 0.717) is 6.61 Å². The lowest BCUT2D eigenvalue weighted by atomic mass is 9.86. The molecule has 0 aromatic heterocycles. The van der Waals surface area contributed by atoms with E-state index < -0.39 is 0 Å². The van der Waals surface area contributed by atoms with E-state index in [1.165, 1.54) is 5.56 Å². The van der Waals surface area contributed by atoms with Crippen LogP contribution in [0.15, 0.2) is 36.4 Å². The Hall–Kier alpha value is -1.28. The lowest BCUT2D eigenvalue weighted by molar-refractivity contribution is 0.350. The molecule has 0 aliphatic rings.